The van der Waals surface area contributed by atoms with E-state index in [1.165, 1.54) is 18.2 Å². The molecule has 23 heavy (non-hydrogen) atoms. The molecule has 0 atom stereocenters. The predicted molar refractivity (Wildman–Crippen MR) is 82.1 cm³/mol. The van der Waals surface area contributed by atoms with Crippen LogP contribution in [0.5, 0.6) is 0 Å². The van der Waals surface area contributed by atoms with E-state index < -0.39 is 23.6 Å². The van der Waals surface area contributed by atoms with Crippen molar-refractivity contribution in [3.05, 3.63) is 53.6 Å². The largest absolute Gasteiger partial charge is 0.416 e. The Morgan fingerprint density at radius 3 is 2.61 bits per heavy atom. The molecule has 120 valence electrons. The highest BCUT2D eigenvalue weighted by atomic mass is 32.1. The summed E-state index contributed by atoms with van der Waals surface area (Å²) in [5, 5.41) is 2.25. The number of benzene rings is 1. The van der Waals surface area contributed by atoms with Crippen molar-refractivity contribution < 1.29 is 22.8 Å². The van der Waals surface area contributed by atoms with E-state index in [0.717, 1.165) is 23.1 Å². The first-order chi connectivity index (χ1) is 10.7. The molecule has 1 aliphatic heterocycles. The van der Waals surface area contributed by atoms with Gasteiger partial charge in [0.1, 0.15) is 5.57 Å². The molecule has 1 aliphatic rings. The molecule has 0 spiro atoms. The zero-order valence-corrected chi connectivity index (χ0v) is 12.5. The predicted octanol–water partition coefficient (Wildman–Crippen LogP) is 2.52. The Morgan fingerprint density at radius 2 is 2.00 bits per heavy atom. The summed E-state index contributed by atoms with van der Waals surface area (Å²) in [4.78, 5) is 25.3. The summed E-state index contributed by atoms with van der Waals surface area (Å²) in [6, 6.07) is 4.34. The van der Waals surface area contributed by atoms with Crippen molar-refractivity contribution >= 4 is 35.2 Å². The quantitative estimate of drug-likeness (QED) is 0.398. The third-order valence-corrected chi connectivity index (χ3v) is 3.34. The number of carbonyl (C=O) groups excluding carboxylic acids is 2. The van der Waals surface area contributed by atoms with Gasteiger partial charge in [0.05, 0.1) is 5.56 Å². The minimum atomic E-state index is -4.51. The summed E-state index contributed by atoms with van der Waals surface area (Å²) in [6.45, 7) is 3.56. The summed E-state index contributed by atoms with van der Waals surface area (Å²) < 4.78 is 38.1. The van der Waals surface area contributed by atoms with Crippen molar-refractivity contribution in [2.75, 3.05) is 6.54 Å². The average molecular weight is 340 g/mol. The number of thiocarbonyl (C=S) groups is 1. The van der Waals surface area contributed by atoms with Crippen molar-refractivity contribution in [1.82, 2.24) is 10.2 Å². The van der Waals surface area contributed by atoms with Crippen molar-refractivity contribution in [1.29, 1.82) is 0 Å². The second kappa shape index (κ2) is 6.33. The third kappa shape index (κ3) is 3.65. The molecule has 8 heteroatoms. The fourth-order valence-electron chi connectivity index (χ4n) is 1.96. The Hall–Kier alpha value is -2.48. The molecule has 0 bridgehead atoms. The number of nitrogens with one attached hydrogen (secondary N) is 1. The summed E-state index contributed by atoms with van der Waals surface area (Å²) >= 11 is 4.88. The van der Waals surface area contributed by atoms with Crippen LogP contribution in [0.4, 0.5) is 13.2 Å². The molecule has 0 aliphatic carbocycles. The lowest BCUT2D eigenvalue weighted by Gasteiger charge is -2.27. The second-order valence-electron chi connectivity index (χ2n) is 4.64. The summed E-state index contributed by atoms with van der Waals surface area (Å²) in [5.41, 5.74) is -1.07. The number of carbonyl (C=O) groups is 2. The minimum Gasteiger partial charge on any atom is -0.298 e. The summed E-state index contributed by atoms with van der Waals surface area (Å²) in [7, 11) is 0. The fourth-order valence-corrected chi connectivity index (χ4v) is 2.21. The van der Waals surface area contributed by atoms with Crippen LogP contribution in [-0.4, -0.2) is 28.4 Å². The maximum Gasteiger partial charge on any atom is 0.416 e. The van der Waals surface area contributed by atoms with Crippen molar-refractivity contribution in [2.45, 2.75) is 6.18 Å². The molecule has 1 N–H and O–H groups in total. The molecule has 1 aromatic carbocycles. The van der Waals surface area contributed by atoms with E-state index in [4.69, 9.17) is 12.2 Å². The molecule has 4 nitrogen and oxygen atoms in total. The van der Waals surface area contributed by atoms with Gasteiger partial charge in [-0.15, -0.1) is 6.58 Å². The highest BCUT2D eigenvalue weighted by Gasteiger charge is 2.33. The Bertz CT molecular complexity index is 726. The zero-order chi connectivity index (χ0) is 17.2. The van der Waals surface area contributed by atoms with E-state index in [0.29, 0.717) is 0 Å². The van der Waals surface area contributed by atoms with Crippen LogP contribution in [0, 0.1) is 0 Å². The highest BCUT2D eigenvalue weighted by molar-refractivity contribution is 7.80. The number of amides is 2. The average Bonchev–Trinajstić information content (AvgIpc) is 2.47. The Morgan fingerprint density at radius 1 is 1.30 bits per heavy atom. The number of halogens is 3. The van der Waals surface area contributed by atoms with Gasteiger partial charge in [-0.25, -0.2) is 0 Å². The molecule has 2 amide bonds. The smallest absolute Gasteiger partial charge is 0.298 e. The van der Waals surface area contributed by atoms with Crippen LogP contribution in [0.2, 0.25) is 0 Å². The SMILES string of the molecule is C=CCN1C(=O)C(=Cc2cccc(C(F)(F)F)c2)C(=O)NC1=S. The van der Waals surface area contributed by atoms with Gasteiger partial charge in [0.15, 0.2) is 5.11 Å². The molecule has 1 aromatic rings. The minimum absolute atomic E-state index is 0.0684. The second-order valence-corrected chi connectivity index (χ2v) is 5.03. The van der Waals surface area contributed by atoms with Crippen LogP contribution in [0.15, 0.2) is 42.5 Å². The van der Waals surface area contributed by atoms with Gasteiger partial charge in [-0.05, 0) is 36.0 Å². The topological polar surface area (TPSA) is 49.4 Å². The Balaban J connectivity index is 2.41. The molecule has 0 unspecified atom stereocenters. The van der Waals surface area contributed by atoms with Crippen LogP contribution in [0.3, 0.4) is 0 Å². The van der Waals surface area contributed by atoms with Crippen LogP contribution in [0.1, 0.15) is 11.1 Å². The number of hydrogen-bond acceptors (Lipinski definition) is 3. The molecule has 1 fully saturated rings. The summed E-state index contributed by atoms with van der Waals surface area (Å²) in [5.74, 6) is -1.44. The number of rotatable bonds is 3. The highest BCUT2D eigenvalue weighted by Crippen LogP contribution is 2.30. The zero-order valence-electron chi connectivity index (χ0n) is 11.7. The molecule has 2 rings (SSSR count). The van der Waals surface area contributed by atoms with Gasteiger partial charge in [-0.3, -0.25) is 19.8 Å². The van der Waals surface area contributed by atoms with E-state index in [1.807, 2.05) is 0 Å². The monoisotopic (exact) mass is 340 g/mol. The van der Waals surface area contributed by atoms with Gasteiger partial charge >= 0.3 is 6.18 Å². The van der Waals surface area contributed by atoms with E-state index >= 15 is 0 Å². The molecule has 0 radical (unpaired) electrons. The van der Waals surface area contributed by atoms with Gasteiger partial charge in [0.2, 0.25) is 0 Å². The Kier molecular flexibility index (Phi) is 4.65. The molecule has 1 heterocycles. The van der Waals surface area contributed by atoms with Crippen LogP contribution < -0.4 is 5.32 Å². The fraction of sp³-hybridized carbons (Fsp3) is 0.133. The van der Waals surface area contributed by atoms with Gasteiger partial charge in [-0.1, -0.05) is 18.2 Å². The lowest BCUT2D eigenvalue weighted by atomic mass is 10.1. The van der Waals surface area contributed by atoms with Gasteiger partial charge < -0.3 is 0 Å². The van der Waals surface area contributed by atoms with Crippen molar-refractivity contribution in [3.63, 3.8) is 0 Å². The maximum absolute atomic E-state index is 12.7. The molecule has 0 saturated carbocycles. The summed E-state index contributed by atoms with van der Waals surface area (Å²) in [6.07, 6.45) is -1.99. The molecule has 1 saturated heterocycles. The lowest BCUT2D eigenvalue weighted by molar-refractivity contribution is -0.137. The van der Waals surface area contributed by atoms with Crippen LogP contribution in [-0.2, 0) is 15.8 Å². The number of nitrogens with zero attached hydrogens (tertiary/aromatic N) is 1. The van der Waals surface area contributed by atoms with E-state index in [1.54, 1.807) is 0 Å². The first kappa shape index (κ1) is 16.9. The first-order valence-electron chi connectivity index (χ1n) is 6.41. The normalized spacial score (nSPS) is 17.4. The molecular weight excluding hydrogens is 329 g/mol. The number of alkyl halides is 3. The van der Waals surface area contributed by atoms with Gasteiger partial charge in [0.25, 0.3) is 11.8 Å². The Labute approximate surface area is 135 Å². The van der Waals surface area contributed by atoms with Gasteiger partial charge in [0, 0.05) is 6.54 Å². The van der Waals surface area contributed by atoms with Crippen LogP contribution in [0.25, 0.3) is 6.08 Å². The van der Waals surface area contributed by atoms with Crippen molar-refractivity contribution in [3.8, 4) is 0 Å². The van der Waals surface area contributed by atoms with E-state index in [2.05, 4.69) is 11.9 Å². The first-order valence-corrected chi connectivity index (χ1v) is 6.82. The van der Waals surface area contributed by atoms with E-state index in [-0.39, 0.29) is 22.8 Å². The van der Waals surface area contributed by atoms with Crippen LogP contribution >= 0.6 is 12.2 Å². The number of hydrogen-bond donors (Lipinski definition) is 1. The third-order valence-electron chi connectivity index (χ3n) is 3.02. The standard InChI is InChI=1S/C15H11F3N2O2S/c1-2-6-20-13(22)11(12(21)19-14(20)23)8-9-4-3-5-10(7-9)15(16,17)18/h2-5,7-8H,1,6H2,(H,19,21,23). The lowest BCUT2D eigenvalue weighted by Crippen LogP contribution is -2.53. The molecule has 0 aromatic heterocycles. The van der Waals surface area contributed by atoms with Gasteiger partial charge in [-0.2, -0.15) is 13.2 Å². The van der Waals surface area contributed by atoms with E-state index in [9.17, 15) is 22.8 Å². The molecular formula is C15H11F3N2O2S. The van der Waals surface area contributed by atoms with Crippen molar-refractivity contribution in [2.24, 2.45) is 0 Å². The maximum atomic E-state index is 12.7.